The van der Waals surface area contributed by atoms with Crippen LogP contribution in [0.15, 0.2) is 188 Å². The van der Waals surface area contributed by atoms with Crippen LogP contribution in [0.4, 0.5) is 34.1 Å². The van der Waals surface area contributed by atoms with Gasteiger partial charge in [0.1, 0.15) is 0 Å². The van der Waals surface area contributed by atoms with Crippen LogP contribution in [0.5, 0.6) is 0 Å². The second-order valence-electron chi connectivity index (χ2n) is 22.2. The number of anilines is 6. The molecule has 0 N–H and O–H groups in total. The second-order valence-corrected chi connectivity index (χ2v) is 22.2. The summed E-state index contributed by atoms with van der Waals surface area (Å²) in [6.45, 7) is 21.4. The van der Waals surface area contributed by atoms with Gasteiger partial charge in [0.05, 0.1) is 0 Å². The standard InChI is InChI=1S/C67H58N2/c1-41-36-42(68(43-26-31-51-47-18-10-14-22-55(47)64(2,3)59(51)37-43)44-27-32-52-48-19-11-15-23-56(48)65(4,5)60(52)38-44)30-35-63(41)69(45-28-33-53-49-20-12-16-24-57(49)66(6,7)61(53)39-45)46-29-34-54-50-21-13-17-25-58(50)67(8,9)62(54)40-46/h10-40H,1-9H3. The van der Waals surface area contributed by atoms with Gasteiger partial charge in [0.2, 0.25) is 0 Å². The van der Waals surface area contributed by atoms with Crippen molar-refractivity contribution in [3.8, 4) is 44.5 Å². The van der Waals surface area contributed by atoms with Crippen molar-refractivity contribution in [1.29, 1.82) is 0 Å². The number of benzene rings is 9. The summed E-state index contributed by atoms with van der Waals surface area (Å²) in [5.74, 6) is 0. The van der Waals surface area contributed by atoms with Gasteiger partial charge in [-0.1, -0.05) is 177 Å². The molecule has 0 saturated heterocycles. The fourth-order valence-electron chi connectivity index (χ4n) is 13.2. The SMILES string of the molecule is Cc1cc(N(c2ccc3c(c2)C(C)(C)c2ccccc2-3)c2ccc3c(c2)C(C)(C)c2ccccc2-3)ccc1N(c1ccc2c(c1)C(C)(C)c1ccccc1-2)c1ccc2c(c1)C(C)(C)c1ccccc1-2. The highest BCUT2D eigenvalue weighted by atomic mass is 15.2. The number of nitrogens with zero attached hydrogens (tertiary/aromatic N) is 2. The van der Waals surface area contributed by atoms with E-state index in [9.17, 15) is 0 Å². The molecule has 9 aromatic rings. The van der Waals surface area contributed by atoms with Crippen LogP contribution >= 0.6 is 0 Å². The molecule has 2 heteroatoms. The van der Waals surface area contributed by atoms with Crippen molar-refractivity contribution in [2.24, 2.45) is 0 Å². The van der Waals surface area contributed by atoms with Gasteiger partial charge in [-0.15, -0.1) is 0 Å². The Morgan fingerprint density at radius 1 is 0.246 bits per heavy atom. The van der Waals surface area contributed by atoms with E-state index in [0.29, 0.717) is 0 Å². The van der Waals surface area contributed by atoms with E-state index < -0.39 is 0 Å². The first-order chi connectivity index (χ1) is 33.2. The monoisotopic (exact) mass is 890 g/mol. The molecule has 0 radical (unpaired) electrons. The highest BCUT2D eigenvalue weighted by molar-refractivity contribution is 5.92. The van der Waals surface area contributed by atoms with Crippen molar-refractivity contribution in [2.45, 2.75) is 84.0 Å². The maximum Gasteiger partial charge on any atom is 0.0492 e. The van der Waals surface area contributed by atoms with Crippen molar-refractivity contribution >= 4 is 34.1 Å². The molecule has 0 spiro atoms. The Balaban J connectivity index is 0.991. The number of rotatable bonds is 6. The Bertz CT molecular complexity index is 3440. The van der Waals surface area contributed by atoms with Gasteiger partial charge in [-0.2, -0.15) is 0 Å². The molecule has 0 aromatic heterocycles. The topological polar surface area (TPSA) is 6.48 Å². The zero-order valence-electron chi connectivity index (χ0n) is 41.3. The Hall–Kier alpha value is -7.42. The fraction of sp³-hybridized carbons (Fsp3) is 0.194. The minimum absolute atomic E-state index is 0.132. The Morgan fingerprint density at radius 2 is 0.493 bits per heavy atom. The van der Waals surface area contributed by atoms with E-state index in [-0.39, 0.29) is 21.7 Å². The number of fused-ring (bicyclic) bond motifs is 12. The van der Waals surface area contributed by atoms with Crippen LogP contribution in [0.3, 0.4) is 0 Å². The summed E-state index contributed by atoms with van der Waals surface area (Å²) in [5.41, 5.74) is 29.3. The van der Waals surface area contributed by atoms with E-state index in [4.69, 9.17) is 0 Å². The van der Waals surface area contributed by atoms with Gasteiger partial charge in [-0.05, 0) is 168 Å². The number of aryl methyl sites for hydroxylation is 1. The predicted molar refractivity (Wildman–Crippen MR) is 291 cm³/mol. The lowest BCUT2D eigenvalue weighted by Crippen LogP contribution is -2.19. The number of hydrogen-bond acceptors (Lipinski definition) is 2. The molecule has 0 aliphatic heterocycles. The van der Waals surface area contributed by atoms with Gasteiger partial charge in [0.25, 0.3) is 0 Å². The summed E-state index contributed by atoms with van der Waals surface area (Å²) in [4.78, 5) is 5.02. The normalized spacial score (nSPS) is 16.1. The molecule has 4 aliphatic carbocycles. The third kappa shape index (κ3) is 5.78. The van der Waals surface area contributed by atoms with Gasteiger partial charge < -0.3 is 9.80 Å². The second kappa shape index (κ2) is 14.3. The summed E-state index contributed by atoms with van der Waals surface area (Å²) in [5, 5.41) is 0. The van der Waals surface area contributed by atoms with Crippen LogP contribution in [0, 0.1) is 6.92 Å². The van der Waals surface area contributed by atoms with E-state index in [1.165, 1.54) is 94.6 Å². The van der Waals surface area contributed by atoms with E-state index in [1.807, 2.05) is 0 Å². The summed E-state index contributed by atoms with van der Waals surface area (Å²) in [7, 11) is 0. The van der Waals surface area contributed by atoms with E-state index in [1.54, 1.807) is 0 Å². The van der Waals surface area contributed by atoms with Gasteiger partial charge in [0, 0.05) is 55.8 Å². The highest BCUT2D eigenvalue weighted by Crippen LogP contribution is 2.56. The van der Waals surface area contributed by atoms with E-state index in [0.717, 1.165) is 34.1 Å². The summed E-state index contributed by atoms with van der Waals surface area (Å²) in [6.07, 6.45) is 0. The van der Waals surface area contributed by atoms with E-state index >= 15 is 0 Å². The minimum Gasteiger partial charge on any atom is -0.310 e. The lowest BCUT2D eigenvalue weighted by Gasteiger charge is -2.32. The van der Waals surface area contributed by atoms with Crippen LogP contribution in [0.2, 0.25) is 0 Å². The van der Waals surface area contributed by atoms with Crippen molar-refractivity contribution in [2.75, 3.05) is 9.80 Å². The van der Waals surface area contributed by atoms with Crippen LogP contribution in [0.25, 0.3) is 44.5 Å². The molecular formula is C67H58N2. The summed E-state index contributed by atoms with van der Waals surface area (Å²) >= 11 is 0. The Morgan fingerprint density at radius 3 is 0.797 bits per heavy atom. The molecule has 0 heterocycles. The first-order valence-electron chi connectivity index (χ1n) is 24.8. The van der Waals surface area contributed by atoms with Gasteiger partial charge in [-0.25, -0.2) is 0 Å². The lowest BCUT2D eigenvalue weighted by atomic mass is 9.82. The van der Waals surface area contributed by atoms with Gasteiger partial charge in [0.15, 0.2) is 0 Å². The molecule has 0 atom stereocenters. The highest BCUT2D eigenvalue weighted by Gasteiger charge is 2.40. The number of hydrogen-bond donors (Lipinski definition) is 0. The summed E-state index contributed by atoms with van der Waals surface area (Å²) < 4.78 is 0. The van der Waals surface area contributed by atoms with E-state index in [2.05, 4.69) is 260 Å². The molecule has 13 rings (SSSR count). The lowest BCUT2D eigenvalue weighted by molar-refractivity contribution is 0.659. The Labute approximate surface area is 408 Å². The largest absolute Gasteiger partial charge is 0.310 e. The molecule has 0 fully saturated rings. The molecule has 0 saturated carbocycles. The van der Waals surface area contributed by atoms with Crippen molar-refractivity contribution in [3.05, 3.63) is 238 Å². The first-order valence-corrected chi connectivity index (χ1v) is 24.8. The zero-order chi connectivity index (χ0) is 47.4. The molecule has 69 heavy (non-hydrogen) atoms. The van der Waals surface area contributed by atoms with Crippen molar-refractivity contribution in [3.63, 3.8) is 0 Å². The third-order valence-electron chi connectivity index (χ3n) is 17.0. The molecule has 336 valence electrons. The quantitative estimate of drug-likeness (QED) is 0.164. The van der Waals surface area contributed by atoms with Crippen LogP contribution in [0.1, 0.15) is 105 Å². The molecular weight excluding hydrogens is 833 g/mol. The van der Waals surface area contributed by atoms with Crippen LogP contribution in [-0.2, 0) is 21.7 Å². The average Bonchev–Trinajstić information content (AvgIpc) is 3.92. The maximum absolute atomic E-state index is 2.52. The van der Waals surface area contributed by atoms with Gasteiger partial charge in [-0.3, -0.25) is 0 Å². The summed E-state index contributed by atoms with van der Waals surface area (Å²) in [6, 6.07) is 71.7. The fourth-order valence-corrected chi connectivity index (χ4v) is 13.2. The molecule has 4 aliphatic rings. The predicted octanol–water partition coefficient (Wildman–Crippen LogP) is 18.2. The molecule has 0 amide bonds. The minimum atomic E-state index is -0.133. The smallest absolute Gasteiger partial charge is 0.0492 e. The molecule has 0 unspecified atom stereocenters. The third-order valence-corrected chi connectivity index (χ3v) is 17.0. The Kier molecular flexibility index (Phi) is 8.66. The van der Waals surface area contributed by atoms with Crippen LogP contribution in [-0.4, -0.2) is 0 Å². The molecule has 2 nitrogen and oxygen atoms in total. The average molecular weight is 891 g/mol. The first kappa shape index (κ1) is 41.7. The van der Waals surface area contributed by atoms with Crippen LogP contribution < -0.4 is 9.80 Å². The van der Waals surface area contributed by atoms with Crippen molar-refractivity contribution < 1.29 is 0 Å². The van der Waals surface area contributed by atoms with Gasteiger partial charge >= 0.3 is 0 Å². The maximum atomic E-state index is 2.52. The zero-order valence-corrected chi connectivity index (χ0v) is 41.3. The molecule has 9 aromatic carbocycles. The van der Waals surface area contributed by atoms with Crippen molar-refractivity contribution in [1.82, 2.24) is 0 Å². The molecule has 0 bridgehead atoms.